The minimum atomic E-state index is -0.358. The zero-order valence-corrected chi connectivity index (χ0v) is 11.7. The number of halogens is 1. The van der Waals surface area contributed by atoms with Gasteiger partial charge in [0.2, 0.25) is 0 Å². The van der Waals surface area contributed by atoms with Crippen molar-refractivity contribution in [3.63, 3.8) is 0 Å². The Kier molecular flexibility index (Phi) is 4.74. The van der Waals surface area contributed by atoms with Crippen LogP contribution in [-0.2, 0) is 0 Å². The molecule has 0 bridgehead atoms. The van der Waals surface area contributed by atoms with Gasteiger partial charge in [0.05, 0.1) is 5.02 Å². The van der Waals surface area contributed by atoms with E-state index < -0.39 is 0 Å². The maximum atomic E-state index is 11.6. The van der Waals surface area contributed by atoms with Gasteiger partial charge in [-0.2, -0.15) is 0 Å². The highest BCUT2D eigenvalue weighted by Crippen LogP contribution is 2.09. The molecule has 2 rings (SSSR count). The number of carbonyl (C=O) groups is 1. The predicted octanol–water partition coefficient (Wildman–Crippen LogP) is 3.84. The number of nitrogens with one attached hydrogen (secondary N) is 2. The molecule has 102 valence electrons. The summed E-state index contributed by atoms with van der Waals surface area (Å²) in [5.41, 5.74) is 2.19. The fourth-order valence-corrected chi connectivity index (χ4v) is 1.70. The molecule has 0 fully saturated rings. The molecule has 20 heavy (non-hydrogen) atoms. The number of benzene rings is 1. The van der Waals surface area contributed by atoms with Gasteiger partial charge in [-0.1, -0.05) is 41.4 Å². The van der Waals surface area contributed by atoms with E-state index in [0.29, 0.717) is 10.8 Å². The first-order chi connectivity index (χ1) is 9.63. The quantitative estimate of drug-likeness (QED) is 0.901. The molecule has 2 aromatic rings. The van der Waals surface area contributed by atoms with Gasteiger partial charge in [-0.15, -0.1) is 0 Å². The van der Waals surface area contributed by atoms with Crippen molar-refractivity contribution in [1.82, 2.24) is 10.3 Å². The van der Waals surface area contributed by atoms with Crippen molar-refractivity contribution in [3.05, 3.63) is 64.9 Å². The molecule has 0 aliphatic carbocycles. The minimum Gasteiger partial charge on any atom is -0.314 e. The first-order valence-electron chi connectivity index (χ1n) is 6.06. The number of hydrogen-bond acceptors (Lipinski definition) is 2. The Morgan fingerprint density at radius 2 is 2.15 bits per heavy atom. The third kappa shape index (κ3) is 4.40. The summed E-state index contributed by atoms with van der Waals surface area (Å²) in [6.45, 7) is 2.02. The highest BCUT2D eigenvalue weighted by atomic mass is 35.5. The number of amides is 2. The zero-order chi connectivity index (χ0) is 14.4. The molecule has 1 aromatic carbocycles. The Labute approximate surface area is 122 Å². The van der Waals surface area contributed by atoms with Crippen LogP contribution >= 0.6 is 11.6 Å². The molecule has 0 saturated carbocycles. The summed E-state index contributed by atoms with van der Waals surface area (Å²) < 4.78 is 0. The number of nitrogens with zero attached hydrogens (tertiary/aromatic N) is 1. The average molecular weight is 288 g/mol. The van der Waals surface area contributed by atoms with Crippen LogP contribution in [0.4, 0.5) is 10.6 Å². The molecule has 0 spiro atoms. The van der Waals surface area contributed by atoms with Gasteiger partial charge in [0.1, 0.15) is 5.82 Å². The van der Waals surface area contributed by atoms with Gasteiger partial charge in [0.15, 0.2) is 0 Å². The predicted molar refractivity (Wildman–Crippen MR) is 81.6 cm³/mol. The molecule has 1 aromatic heterocycles. The van der Waals surface area contributed by atoms with Crippen LogP contribution < -0.4 is 10.6 Å². The van der Waals surface area contributed by atoms with E-state index in [0.717, 1.165) is 5.56 Å². The molecule has 0 aliphatic heterocycles. The maximum Gasteiger partial charge on any atom is 0.324 e. The van der Waals surface area contributed by atoms with Gasteiger partial charge in [0, 0.05) is 12.4 Å². The highest BCUT2D eigenvalue weighted by molar-refractivity contribution is 6.30. The van der Waals surface area contributed by atoms with Crippen molar-refractivity contribution in [3.8, 4) is 0 Å². The molecule has 0 atom stereocenters. The van der Waals surface area contributed by atoms with Crippen molar-refractivity contribution >= 4 is 29.5 Å². The SMILES string of the molecule is Cc1cccc(/C=C/NC(=O)Nc2ccc(Cl)cn2)c1. The average Bonchev–Trinajstić information content (AvgIpc) is 2.41. The van der Waals surface area contributed by atoms with E-state index in [1.165, 1.54) is 11.8 Å². The molecule has 0 radical (unpaired) electrons. The lowest BCUT2D eigenvalue weighted by Crippen LogP contribution is -2.24. The van der Waals surface area contributed by atoms with Crippen LogP contribution in [0.2, 0.25) is 5.02 Å². The molecular formula is C15H14ClN3O. The number of aromatic nitrogens is 1. The van der Waals surface area contributed by atoms with Gasteiger partial charge in [0.25, 0.3) is 0 Å². The first-order valence-corrected chi connectivity index (χ1v) is 6.43. The first kappa shape index (κ1) is 14.1. The van der Waals surface area contributed by atoms with Crippen LogP contribution in [-0.4, -0.2) is 11.0 Å². The van der Waals surface area contributed by atoms with Crippen molar-refractivity contribution in [2.45, 2.75) is 6.92 Å². The maximum absolute atomic E-state index is 11.6. The molecule has 0 saturated heterocycles. The lowest BCUT2D eigenvalue weighted by Gasteiger charge is -2.03. The number of pyridine rings is 1. The number of hydrogen-bond donors (Lipinski definition) is 2. The fraction of sp³-hybridized carbons (Fsp3) is 0.0667. The third-order valence-electron chi connectivity index (χ3n) is 2.50. The summed E-state index contributed by atoms with van der Waals surface area (Å²) in [6.07, 6.45) is 4.88. The van der Waals surface area contributed by atoms with Crippen molar-refractivity contribution in [2.75, 3.05) is 5.32 Å². The second-order valence-corrected chi connectivity index (χ2v) is 4.64. The summed E-state index contributed by atoms with van der Waals surface area (Å²) in [7, 11) is 0. The smallest absolute Gasteiger partial charge is 0.314 e. The van der Waals surface area contributed by atoms with Crippen molar-refractivity contribution in [1.29, 1.82) is 0 Å². The van der Waals surface area contributed by atoms with Crippen LogP contribution in [0.25, 0.3) is 6.08 Å². The fourth-order valence-electron chi connectivity index (χ4n) is 1.59. The lowest BCUT2D eigenvalue weighted by molar-refractivity contribution is 0.255. The second-order valence-electron chi connectivity index (χ2n) is 4.21. The number of aryl methyl sites for hydroxylation is 1. The van der Waals surface area contributed by atoms with Crippen LogP contribution in [0, 0.1) is 6.92 Å². The number of urea groups is 1. The lowest BCUT2D eigenvalue weighted by atomic mass is 10.1. The van der Waals surface area contributed by atoms with E-state index >= 15 is 0 Å². The molecule has 0 unspecified atom stereocenters. The molecule has 1 heterocycles. The Morgan fingerprint density at radius 3 is 2.85 bits per heavy atom. The van der Waals surface area contributed by atoms with Crippen LogP contribution in [0.1, 0.15) is 11.1 Å². The third-order valence-corrected chi connectivity index (χ3v) is 2.72. The van der Waals surface area contributed by atoms with Gasteiger partial charge in [-0.25, -0.2) is 9.78 Å². The largest absolute Gasteiger partial charge is 0.324 e. The van der Waals surface area contributed by atoms with Crippen LogP contribution in [0.3, 0.4) is 0 Å². The van der Waals surface area contributed by atoms with E-state index in [2.05, 4.69) is 15.6 Å². The van der Waals surface area contributed by atoms with Gasteiger partial charge in [-0.3, -0.25) is 5.32 Å². The molecule has 2 amide bonds. The van der Waals surface area contributed by atoms with Gasteiger partial charge >= 0.3 is 6.03 Å². The van der Waals surface area contributed by atoms with Crippen LogP contribution in [0.5, 0.6) is 0 Å². The molecule has 5 heteroatoms. The number of anilines is 1. The van der Waals surface area contributed by atoms with Gasteiger partial charge in [-0.05, 0) is 30.7 Å². The summed E-state index contributed by atoms with van der Waals surface area (Å²) in [5.74, 6) is 0.441. The van der Waals surface area contributed by atoms with E-state index in [4.69, 9.17) is 11.6 Å². The molecular weight excluding hydrogens is 274 g/mol. The molecule has 0 aliphatic rings. The molecule has 4 nitrogen and oxygen atoms in total. The number of rotatable bonds is 3. The Morgan fingerprint density at radius 1 is 1.30 bits per heavy atom. The van der Waals surface area contributed by atoms with E-state index in [-0.39, 0.29) is 6.03 Å². The Hall–Kier alpha value is -2.33. The van der Waals surface area contributed by atoms with E-state index in [1.807, 2.05) is 37.3 Å². The van der Waals surface area contributed by atoms with Crippen molar-refractivity contribution in [2.24, 2.45) is 0 Å². The Balaban J connectivity index is 1.87. The van der Waals surface area contributed by atoms with Crippen LogP contribution in [0.15, 0.2) is 48.8 Å². The monoisotopic (exact) mass is 287 g/mol. The number of carbonyl (C=O) groups excluding carboxylic acids is 1. The van der Waals surface area contributed by atoms with E-state index in [1.54, 1.807) is 18.3 Å². The van der Waals surface area contributed by atoms with E-state index in [9.17, 15) is 4.79 Å². The zero-order valence-electron chi connectivity index (χ0n) is 10.9. The highest BCUT2D eigenvalue weighted by Gasteiger charge is 1.99. The summed E-state index contributed by atoms with van der Waals surface area (Å²) >= 11 is 5.71. The summed E-state index contributed by atoms with van der Waals surface area (Å²) in [6, 6.07) is 10.9. The summed E-state index contributed by atoms with van der Waals surface area (Å²) in [5, 5.41) is 5.73. The topological polar surface area (TPSA) is 54.0 Å². The summed E-state index contributed by atoms with van der Waals surface area (Å²) in [4.78, 5) is 15.6. The molecule has 2 N–H and O–H groups in total. The normalized spacial score (nSPS) is 10.5. The van der Waals surface area contributed by atoms with Crippen molar-refractivity contribution < 1.29 is 4.79 Å². The standard InChI is InChI=1S/C15H14ClN3O/c1-11-3-2-4-12(9-11)7-8-17-15(20)19-14-6-5-13(16)10-18-14/h2-10H,1H3,(H2,17,18,19,20)/b8-7+. The van der Waals surface area contributed by atoms with Gasteiger partial charge < -0.3 is 5.32 Å². The minimum absolute atomic E-state index is 0.358. The second kappa shape index (κ2) is 6.73. The Bertz CT molecular complexity index is 623.